The number of amides is 1. The zero-order valence-corrected chi connectivity index (χ0v) is 13.0. The summed E-state index contributed by atoms with van der Waals surface area (Å²) in [6.07, 6.45) is 2.30. The summed E-state index contributed by atoms with van der Waals surface area (Å²) in [5.74, 6) is -0.246. The van der Waals surface area contributed by atoms with E-state index in [1.54, 1.807) is 36.0 Å². The summed E-state index contributed by atoms with van der Waals surface area (Å²) < 4.78 is 0. The van der Waals surface area contributed by atoms with Crippen molar-refractivity contribution in [1.82, 2.24) is 0 Å². The summed E-state index contributed by atoms with van der Waals surface area (Å²) >= 11 is 7.63. The van der Waals surface area contributed by atoms with Crippen LogP contribution in [0.25, 0.3) is 0 Å². The SMILES string of the molecule is CSc1ccc(Cl)c(C(=O)Nc2ccc(CC#N)cc2)c1. The van der Waals surface area contributed by atoms with E-state index in [1.807, 2.05) is 24.5 Å². The van der Waals surface area contributed by atoms with Crippen LogP contribution >= 0.6 is 23.4 Å². The fourth-order valence-corrected chi connectivity index (χ4v) is 2.44. The molecule has 0 atom stereocenters. The van der Waals surface area contributed by atoms with Crippen molar-refractivity contribution in [2.24, 2.45) is 0 Å². The van der Waals surface area contributed by atoms with Crippen LogP contribution in [0, 0.1) is 11.3 Å². The third-order valence-electron chi connectivity index (χ3n) is 2.91. The minimum atomic E-state index is -0.246. The number of nitriles is 1. The van der Waals surface area contributed by atoms with Gasteiger partial charge >= 0.3 is 0 Å². The van der Waals surface area contributed by atoms with Gasteiger partial charge < -0.3 is 5.32 Å². The van der Waals surface area contributed by atoms with Crippen LogP contribution in [0.5, 0.6) is 0 Å². The molecule has 0 saturated heterocycles. The van der Waals surface area contributed by atoms with Crippen molar-refractivity contribution in [2.45, 2.75) is 11.3 Å². The molecule has 0 aliphatic carbocycles. The van der Waals surface area contributed by atoms with Crippen LogP contribution < -0.4 is 5.32 Å². The van der Waals surface area contributed by atoms with E-state index in [1.165, 1.54) is 0 Å². The molecule has 1 amide bonds. The molecule has 0 fully saturated rings. The maximum absolute atomic E-state index is 12.3. The van der Waals surface area contributed by atoms with Gasteiger partial charge in [-0.1, -0.05) is 23.7 Å². The van der Waals surface area contributed by atoms with Crippen molar-refractivity contribution in [2.75, 3.05) is 11.6 Å². The third kappa shape index (κ3) is 4.01. The molecular weight excluding hydrogens is 304 g/mol. The Labute approximate surface area is 132 Å². The normalized spacial score (nSPS) is 9.95. The Balaban J connectivity index is 2.16. The van der Waals surface area contributed by atoms with Crippen molar-refractivity contribution >= 4 is 35.0 Å². The summed E-state index contributed by atoms with van der Waals surface area (Å²) in [5.41, 5.74) is 2.04. The minimum Gasteiger partial charge on any atom is -0.322 e. The number of rotatable bonds is 4. The molecule has 3 nitrogen and oxygen atoms in total. The second kappa shape index (κ2) is 7.16. The number of carbonyl (C=O) groups is 1. The van der Waals surface area contributed by atoms with E-state index in [0.717, 1.165) is 10.5 Å². The molecule has 0 radical (unpaired) electrons. The number of hydrogen-bond acceptors (Lipinski definition) is 3. The van der Waals surface area contributed by atoms with Gasteiger partial charge in [0.05, 0.1) is 23.1 Å². The molecule has 0 spiro atoms. The average molecular weight is 317 g/mol. The van der Waals surface area contributed by atoms with Gasteiger partial charge in [-0.25, -0.2) is 0 Å². The van der Waals surface area contributed by atoms with Crippen molar-refractivity contribution in [1.29, 1.82) is 5.26 Å². The molecule has 0 aliphatic heterocycles. The molecule has 2 aromatic rings. The molecule has 0 heterocycles. The van der Waals surface area contributed by atoms with Crippen molar-refractivity contribution in [3.63, 3.8) is 0 Å². The molecule has 2 aromatic carbocycles. The number of benzene rings is 2. The van der Waals surface area contributed by atoms with Crippen LogP contribution in [0.1, 0.15) is 15.9 Å². The molecule has 0 unspecified atom stereocenters. The molecule has 1 N–H and O–H groups in total. The minimum absolute atomic E-state index is 0.246. The van der Waals surface area contributed by atoms with E-state index in [9.17, 15) is 4.79 Å². The van der Waals surface area contributed by atoms with Gasteiger partial charge in [-0.05, 0) is 42.2 Å². The molecule has 0 aliphatic rings. The molecular formula is C16H13ClN2OS. The summed E-state index contributed by atoms with van der Waals surface area (Å²) in [4.78, 5) is 13.2. The maximum Gasteiger partial charge on any atom is 0.257 e. The number of halogens is 1. The molecule has 2 rings (SSSR count). The highest BCUT2D eigenvalue weighted by Gasteiger charge is 2.11. The fourth-order valence-electron chi connectivity index (χ4n) is 1.80. The van der Waals surface area contributed by atoms with Crippen LogP contribution in [0.3, 0.4) is 0 Å². The standard InChI is InChI=1S/C16H13ClN2OS/c1-21-13-6-7-15(17)14(10-13)16(20)19-12-4-2-11(3-5-12)8-9-18/h2-7,10H,8H2,1H3,(H,19,20). The number of nitrogens with zero attached hydrogens (tertiary/aromatic N) is 1. The first-order chi connectivity index (χ1) is 10.1. The van der Waals surface area contributed by atoms with E-state index in [0.29, 0.717) is 22.7 Å². The highest BCUT2D eigenvalue weighted by Crippen LogP contribution is 2.24. The highest BCUT2D eigenvalue weighted by atomic mass is 35.5. The van der Waals surface area contributed by atoms with Gasteiger partial charge in [0.1, 0.15) is 0 Å². The van der Waals surface area contributed by atoms with Crippen molar-refractivity contribution in [3.05, 3.63) is 58.6 Å². The Morgan fingerprint density at radius 3 is 2.62 bits per heavy atom. The van der Waals surface area contributed by atoms with E-state index in [2.05, 4.69) is 11.4 Å². The zero-order chi connectivity index (χ0) is 15.2. The highest BCUT2D eigenvalue weighted by molar-refractivity contribution is 7.98. The monoisotopic (exact) mass is 316 g/mol. The summed E-state index contributed by atoms with van der Waals surface area (Å²) in [5, 5.41) is 11.9. The number of hydrogen-bond donors (Lipinski definition) is 1. The number of nitrogens with one attached hydrogen (secondary N) is 1. The Morgan fingerprint density at radius 1 is 1.29 bits per heavy atom. The van der Waals surface area contributed by atoms with Crippen LogP contribution in [0.15, 0.2) is 47.4 Å². The lowest BCUT2D eigenvalue weighted by Gasteiger charge is -2.08. The Hall–Kier alpha value is -1.96. The second-order valence-electron chi connectivity index (χ2n) is 4.33. The predicted octanol–water partition coefficient (Wildman–Crippen LogP) is 4.38. The topological polar surface area (TPSA) is 52.9 Å². The Bertz CT molecular complexity index is 692. The van der Waals surface area contributed by atoms with Gasteiger partial charge in [-0.15, -0.1) is 11.8 Å². The van der Waals surface area contributed by atoms with Crippen LogP contribution in [-0.2, 0) is 6.42 Å². The first kappa shape index (κ1) is 15.4. The molecule has 21 heavy (non-hydrogen) atoms. The summed E-state index contributed by atoms with van der Waals surface area (Å²) in [6.45, 7) is 0. The number of anilines is 1. The van der Waals surface area contributed by atoms with E-state index in [4.69, 9.17) is 16.9 Å². The molecule has 106 valence electrons. The lowest BCUT2D eigenvalue weighted by atomic mass is 10.1. The predicted molar refractivity (Wildman–Crippen MR) is 86.9 cm³/mol. The van der Waals surface area contributed by atoms with Crippen molar-refractivity contribution < 1.29 is 4.79 Å². The van der Waals surface area contributed by atoms with E-state index < -0.39 is 0 Å². The first-order valence-electron chi connectivity index (χ1n) is 6.25. The summed E-state index contributed by atoms with van der Waals surface area (Å²) in [6, 6.07) is 14.6. The van der Waals surface area contributed by atoms with Gasteiger partial charge in [-0.2, -0.15) is 5.26 Å². The molecule has 5 heteroatoms. The zero-order valence-electron chi connectivity index (χ0n) is 11.4. The van der Waals surface area contributed by atoms with Crippen LogP contribution in [0.2, 0.25) is 5.02 Å². The Morgan fingerprint density at radius 2 is 2.00 bits per heavy atom. The summed E-state index contributed by atoms with van der Waals surface area (Å²) in [7, 11) is 0. The van der Waals surface area contributed by atoms with Gasteiger partial charge in [0.2, 0.25) is 0 Å². The third-order valence-corrected chi connectivity index (χ3v) is 3.97. The maximum atomic E-state index is 12.3. The lowest BCUT2D eigenvalue weighted by Crippen LogP contribution is -2.12. The lowest BCUT2D eigenvalue weighted by molar-refractivity contribution is 0.102. The van der Waals surface area contributed by atoms with Gasteiger partial charge in [0, 0.05) is 10.6 Å². The second-order valence-corrected chi connectivity index (χ2v) is 5.62. The van der Waals surface area contributed by atoms with Gasteiger partial charge in [-0.3, -0.25) is 4.79 Å². The fraction of sp³-hybridized carbons (Fsp3) is 0.125. The van der Waals surface area contributed by atoms with E-state index >= 15 is 0 Å². The van der Waals surface area contributed by atoms with Crippen LogP contribution in [-0.4, -0.2) is 12.2 Å². The quantitative estimate of drug-likeness (QED) is 0.852. The average Bonchev–Trinajstić information content (AvgIpc) is 2.50. The van der Waals surface area contributed by atoms with Crippen molar-refractivity contribution in [3.8, 4) is 6.07 Å². The number of thioether (sulfide) groups is 1. The smallest absolute Gasteiger partial charge is 0.257 e. The Kier molecular flexibility index (Phi) is 5.26. The first-order valence-corrected chi connectivity index (χ1v) is 7.85. The largest absolute Gasteiger partial charge is 0.322 e. The number of carbonyl (C=O) groups excluding carboxylic acids is 1. The molecule has 0 bridgehead atoms. The van der Waals surface area contributed by atoms with E-state index in [-0.39, 0.29) is 5.91 Å². The van der Waals surface area contributed by atoms with Gasteiger partial charge in [0.15, 0.2) is 0 Å². The molecule has 0 saturated carbocycles. The van der Waals surface area contributed by atoms with Crippen LogP contribution in [0.4, 0.5) is 5.69 Å². The molecule has 0 aromatic heterocycles. The van der Waals surface area contributed by atoms with Gasteiger partial charge in [0.25, 0.3) is 5.91 Å².